The Hall–Kier alpha value is -1.97. The van der Waals surface area contributed by atoms with Gasteiger partial charge in [-0.05, 0) is 0 Å². The molecule has 3 rings (SSSR count). The normalized spacial score (nSPS) is 26.5. The number of imidazole rings is 1. The smallest absolute Gasteiger partial charge is 0.280 e. The fourth-order valence-electron chi connectivity index (χ4n) is 2.26. The number of nitrogens with zero attached hydrogens (tertiary/aromatic N) is 3. The molecule has 19 heavy (non-hydrogen) atoms. The first-order valence-corrected chi connectivity index (χ1v) is 5.75. The number of aliphatic hydroxyl groups excluding tert-OH is 2. The number of nitrogen functional groups attached to an aromatic ring is 1. The summed E-state index contributed by atoms with van der Waals surface area (Å²) in [5.74, 6) is -0.289. The number of aromatic amines is 1. The lowest BCUT2D eigenvalue weighted by atomic mass is 9.95. The molecule has 9 nitrogen and oxygen atoms in total. The first kappa shape index (κ1) is 12.1. The molecule has 0 aromatic carbocycles. The average molecular weight is 267 g/mol. The highest BCUT2D eigenvalue weighted by molar-refractivity contribution is 5.70. The van der Waals surface area contributed by atoms with Crippen LogP contribution in [0.5, 0.6) is 0 Å². The number of nitrogens with one attached hydrogen (secondary N) is 1. The fourth-order valence-corrected chi connectivity index (χ4v) is 2.26. The lowest BCUT2D eigenvalue weighted by molar-refractivity contribution is -0.243. The minimum atomic E-state index is -0.513. The standard InChI is InChI=1S/C10H13N5O4/c11-10-13-7-6(8(18)14-10)12-3-15(7)9-4(1-16)5(2-17)19-9/h3-5,9,16-17H,1-2H2,(H3,11,13,14,18)/t4-,5-,9?/m1/s1. The van der Waals surface area contributed by atoms with Crippen molar-refractivity contribution in [1.82, 2.24) is 19.5 Å². The average Bonchev–Trinajstić information content (AvgIpc) is 2.73. The van der Waals surface area contributed by atoms with E-state index in [1.54, 1.807) is 0 Å². The molecule has 1 aliphatic rings. The van der Waals surface area contributed by atoms with E-state index in [9.17, 15) is 9.90 Å². The highest BCUT2D eigenvalue weighted by Crippen LogP contribution is 2.37. The number of ether oxygens (including phenoxy) is 1. The van der Waals surface area contributed by atoms with Gasteiger partial charge in [0.05, 0.1) is 31.6 Å². The molecule has 3 heterocycles. The van der Waals surface area contributed by atoms with Crippen molar-refractivity contribution < 1.29 is 14.9 Å². The monoisotopic (exact) mass is 267 g/mol. The molecule has 0 amide bonds. The molecule has 1 fully saturated rings. The van der Waals surface area contributed by atoms with Crippen LogP contribution in [0.2, 0.25) is 0 Å². The Kier molecular flexibility index (Phi) is 2.73. The highest BCUT2D eigenvalue weighted by Gasteiger charge is 2.43. The van der Waals surface area contributed by atoms with Gasteiger partial charge in [0.2, 0.25) is 5.95 Å². The van der Waals surface area contributed by atoms with Crippen molar-refractivity contribution in [2.24, 2.45) is 5.92 Å². The van der Waals surface area contributed by atoms with Gasteiger partial charge in [0.25, 0.3) is 5.56 Å². The zero-order valence-corrected chi connectivity index (χ0v) is 9.85. The number of nitrogens with two attached hydrogens (primary N) is 1. The van der Waals surface area contributed by atoms with E-state index < -0.39 is 17.9 Å². The molecule has 0 aliphatic carbocycles. The maximum absolute atomic E-state index is 11.6. The third kappa shape index (κ3) is 1.70. The maximum atomic E-state index is 11.6. The first-order valence-electron chi connectivity index (χ1n) is 5.75. The number of hydrogen-bond acceptors (Lipinski definition) is 7. The molecule has 1 aliphatic heterocycles. The van der Waals surface area contributed by atoms with Crippen LogP contribution in [0.4, 0.5) is 5.95 Å². The first-order chi connectivity index (χ1) is 9.15. The third-order valence-corrected chi connectivity index (χ3v) is 3.27. The Morgan fingerprint density at radius 2 is 2.26 bits per heavy atom. The van der Waals surface area contributed by atoms with Crippen molar-refractivity contribution >= 4 is 17.1 Å². The molecular formula is C10H13N5O4. The van der Waals surface area contributed by atoms with Gasteiger partial charge < -0.3 is 20.7 Å². The molecule has 0 radical (unpaired) electrons. The lowest BCUT2D eigenvalue weighted by Crippen LogP contribution is -2.49. The molecule has 0 bridgehead atoms. The van der Waals surface area contributed by atoms with Crippen LogP contribution >= 0.6 is 0 Å². The van der Waals surface area contributed by atoms with E-state index in [-0.39, 0.29) is 30.6 Å². The van der Waals surface area contributed by atoms with Gasteiger partial charge in [-0.15, -0.1) is 0 Å². The summed E-state index contributed by atoms with van der Waals surface area (Å²) in [4.78, 5) is 22.0. The third-order valence-electron chi connectivity index (χ3n) is 3.27. The van der Waals surface area contributed by atoms with Gasteiger partial charge in [0, 0.05) is 0 Å². The van der Waals surface area contributed by atoms with Gasteiger partial charge in [-0.25, -0.2) is 4.98 Å². The topological polar surface area (TPSA) is 139 Å². The molecule has 2 aromatic rings. The molecule has 102 valence electrons. The van der Waals surface area contributed by atoms with Gasteiger partial charge in [-0.3, -0.25) is 14.3 Å². The van der Waals surface area contributed by atoms with E-state index in [1.165, 1.54) is 10.9 Å². The van der Waals surface area contributed by atoms with Crippen LogP contribution < -0.4 is 11.3 Å². The van der Waals surface area contributed by atoms with Crippen molar-refractivity contribution in [3.8, 4) is 0 Å². The predicted molar refractivity (Wildman–Crippen MR) is 64.1 cm³/mol. The minimum absolute atomic E-state index is 0.0159. The van der Waals surface area contributed by atoms with Crippen LogP contribution in [-0.4, -0.2) is 49.0 Å². The van der Waals surface area contributed by atoms with Crippen LogP contribution in [0.1, 0.15) is 6.23 Å². The minimum Gasteiger partial charge on any atom is -0.396 e. The van der Waals surface area contributed by atoms with E-state index in [2.05, 4.69) is 15.0 Å². The van der Waals surface area contributed by atoms with Crippen molar-refractivity contribution in [2.45, 2.75) is 12.3 Å². The summed E-state index contributed by atoms with van der Waals surface area (Å²) in [6.45, 7) is -0.321. The zero-order chi connectivity index (χ0) is 13.6. The second kappa shape index (κ2) is 4.30. The van der Waals surface area contributed by atoms with E-state index in [1.807, 2.05) is 0 Å². The maximum Gasteiger partial charge on any atom is 0.280 e. The molecule has 2 aromatic heterocycles. The SMILES string of the molecule is Nc1nc2c(ncn2C2O[C@H](CO)[C@H]2CO)c(=O)[nH]1. The quantitative estimate of drug-likeness (QED) is 0.514. The summed E-state index contributed by atoms with van der Waals surface area (Å²) in [7, 11) is 0. The summed E-state index contributed by atoms with van der Waals surface area (Å²) in [5, 5.41) is 18.4. The van der Waals surface area contributed by atoms with Crippen LogP contribution in [-0.2, 0) is 4.74 Å². The Morgan fingerprint density at radius 3 is 2.95 bits per heavy atom. The molecule has 9 heteroatoms. The van der Waals surface area contributed by atoms with Gasteiger partial charge in [0.15, 0.2) is 11.2 Å². The van der Waals surface area contributed by atoms with Crippen LogP contribution in [0.25, 0.3) is 11.2 Å². The van der Waals surface area contributed by atoms with Crippen molar-refractivity contribution in [1.29, 1.82) is 0 Å². The van der Waals surface area contributed by atoms with E-state index >= 15 is 0 Å². The van der Waals surface area contributed by atoms with Crippen molar-refractivity contribution in [2.75, 3.05) is 18.9 Å². The van der Waals surface area contributed by atoms with Gasteiger partial charge in [-0.2, -0.15) is 4.98 Å². The van der Waals surface area contributed by atoms with E-state index in [4.69, 9.17) is 15.6 Å². The molecule has 3 atom stereocenters. The lowest BCUT2D eigenvalue weighted by Gasteiger charge is -2.43. The summed E-state index contributed by atoms with van der Waals surface area (Å²) in [6, 6.07) is 0. The second-order valence-electron chi connectivity index (χ2n) is 4.37. The molecule has 0 spiro atoms. The van der Waals surface area contributed by atoms with Crippen molar-refractivity contribution in [3.05, 3.63) is 16.7 Å². The largest absolute Gasteiger partial charge is 0.396 e. The molecule has 0 saturated carbocycles. The Bertz CT molecular complexity index is 665. The summed E-state index contributed by atoms with van der Waals surface area (Å²) in [5.41, 5.74) is 5.51. The number of aliphatic hydroxyl groups is 2. The number of hydrogen-bond donors (Lipinski definition) is 4. The van der Waals surface area contributed by atoms with Crippen molar-refractivity contribution in [3.63, 3.8) is 0 Å². The molecule has 1 saturated heterocycles. The number of anilines is 1. The fraction of sp³-hybridized carbons (Fsp3) is 0.500. The van der Waals surface area contributed by atoms with Gasteiger partial charge >= 0.3 is 0 Å². The van der Waals surface area contributed by atoms with Gasteiger partial charge in [-0.1, -0.05) is 0 Å². The highest BCUT2D eigenvalue weighted by atomic mass is 16.5. The molecule has 5 N–H and O–H groups in total. The number of rotatable bonds is 3. The van der Waals surface area contributed by atoms with E-state index in [0.717, 1.165) is 0 Å². The Morgan fingerprint density at radius 1 is 1.47 bits per heavy atom. The Labute approximate surface area is 106 Å². The van der Waals surface area contributed by atoms with E-state index in [0.29, 0.717) is 5.65 Å². The van der Waals surface area contributed by atoms with Crippen LogP contribution in [0.15, 0.2) is 11.1 Å². The zero-order valence-electron chi connectivity index (χ0n) is 9.85. The number of fused-ring (bicyclic) bond motifs is 1. The number of aromatic nitrogens is 4. The molecular weight excluding hydrogens is 254 g/mol. The number of H-pyrrole nitrogens is 1. The summed E-state index contributed by atoms with van der Waals surface area (Å²) < 4.78 is 6.98. The molecule has 1 unspecified atom stereocenters. The Balaban J connectivity index is 2.05. The van der Waals surface area contributed by atoms with Gasteiger partial charge in [0.1, 0.15) is 6.23 Å². The van der Waals surface area contributed by atoms with Crippen LogP contribution in [0, 0.1) is 5.92 Å². The summed E-state index contributed by atoms with van der Waals surface area (Å²) >= 11 is 0. The summed E-state index contributed by atoms with van der Waals surface area (Å²) in [6.07, 6.45) is 0.473. The van der Waals surface area contributed by atoms with Crippen LogP contribution in [0.3, 0.4) is 0 Å². The second-order valence-corrected chi connectivity index (χ2v) is 4.37. The predicted octanol–water partition coefficient (Wildman–Crippen LogP) is -1.80.